The molecule has 3 heteroatoms. The standard InChI is InChI=1S/C7H14N2O/c8-4-5-2-1-3-6(5)7(9)10/h5-6H,1-4,8H2,(H2,9,10). The van der Waals surface area contributed by atoms with Crippen molar-refractivity contribution in [2.75, 3.05) is 6.54 Å². The minimum atomic E-state index is -0.173. The zero-order valence-corrected chi connectivity index (χ0v) is 6.05. The largest absolute Gasteiger partial charge is 0.369 e. The molecule has 0 heterocycles. The van der Waals surface area contributed by atoms with Gasteiger partial charge >= 0.3 is 0 Å². The van der Waals surface area contributed by atoms with E-state index in [9.17, 15) is 4.79 Å². The minimum absolute atomic E-state index is 0.0602. The summed E-state index contributed by atoms with van der Waals surface area (Å²) in [7, 11) is 0. The van der Waals surface area contributed by atoms with Gasteiger partial charge in [0.05, 0.1) is 0 Å². The third-order valence-electron chi connectivity index (χ3n) is 2.33. The molecule has 1 aliphatic rings. The van der Waals surface area contributed by atoms with Crippen LogP contribution in [0.4, 0.5) is 0 Å². The van der Waals surface area contributed by atoms with Gasteiger partial charge < -0.3 is 11.5 Å². The summed E-state index contributed by atoms with van der Waals surface area (Å²) in [5.41, 5.74) is 10.6. The van der Waals surface area contributed by atoms with Crippen molar-refractivity contribution in [2.24, 2.45) is 23.3 Å². The molecular weight excluding hydrogens is 128 g/mol. The summed E-state index contributed by atoms with van der Waals surface area (Å²) < 4.78 is 0. The Morgan fingerprint density at radius 1 is 1.50 bits per heavy atom. The van der Waals surface area contributed by atoms with Crippen LogP contribution in [0.3, 0.4) is 0 Å². The maximum absolute atomic E-state index is 10.7. The fraction of sp³-hybridized carbons (Fsp3) is 0.857. The van der Waals surface area contributed by atoms with Crippen molar-refractivity contribution in [1.29, 1.82) is 0 Å². The van der Waals surface area contributed by atoms with Crippen LogP contribution in [0, 0.1) is 11.8 Å². The van der Waals surface area contributed by atoms with Crippen LogP contribution in [0.1, 0.15) is 19.3 Å². The molecule has 0 aliphatic heterocycles. The van der Waals surface area contributed by atoms with Gasteiger partial charge in [0.1, 0.15) is 0 Å². The molecule has 2 atom stereocenters. The number of hydrogen-bond acceptors (Lipinski definition) is 2. The van der Waals surface area contributed by atoms with Gasteiger partial charge in [-0.1, -0.05) is 6.42 Å². The Kier molecular flexibility index (Phi) is 2.27. The molecule has 1 rings (SSSR count). The smallest absolute Gasteiger partial charge is 0.220 e. The molecule has 0 aromatic heterocycles. The SMILES string of the molecule is NCC1CCCC1C(N)=O. The first-order valence-corrected chi connectivity index (χ1v) is 3.75. The average molecular weight is 142 g/mol. The molecule has 1 fully saturated rings. The topological polar surface area (TPSA) is 69.1 Å². The van der Waals surface area contributed by atoms with Crippen LogP contribution in [-0.4, -0.2) is 12.5 Å². The van der Waals surface area contributed by atoms with E-state index in [-0.39, 0.29) is 11.8 Å². The summed E-state index contributed by atoms with van der Waals surface area (Å²) in [6.07, 6.45) is 3.12. The van der Waals surface area contributed by atoms with Crippen LogP contribution >= 0.6 is 0 Å². The predicted octanol–water partition coefficient (Wildman–Crippen LogP) is -0.153. The molecule has 10 heavy (non-hydrogen) atoms. The van der Waals surface area contributed by atoms with Crippen LogP contribution in [0.2, 0.25) is 0 Å². The normalized spacial score (nSPS) is 32.5. The summed E-state index contributed by atoms with van der Waals surface area (Å²) >= 11 is 0. The van der Waals surface area contributed by atoms with E-state index in [1.165, 1.54) is 0 Å². The quantitative estimate of drug-likeness (QED) is 0.562. The van der Waals surface area contributed by atoms with Crippen LogP contribution in [0.25, 0.3) is 0 Å². The van der Waals surface area contributed by atoms with E-state index in [0.29, 0.717) is 12.5 Å². The zero-order valence-electron chi connectivity index (χ0n) is 6.05. The van der Waals surface area contributed by atoms with Gasteiger partial charge in [0.15, 0.2) is 0 Å². The van der Waals surface area contributed by atoms with E-state index < -0.39 is 0 Å². The van der Waals surface area contributed by atoms with E-state index in [1.54, 1.807) is 0 Å². The van der Waals surface area contributed by atoms with Gasteiger partial charge in [-0.05, 0) is 25.3 Å². The lowest BCUT2D eigenvalue weighted by Gasteiger charge is -2.12. The third-order valence-corrected chi connectivity index (χ3v) is 2.33. The number of amides is 1. The van der Waals surface area contributed by atoms with E-state index in [1.807, 2.05) is 0 Å². The molecule has 1 amide bonds. The molecule has 0 bridgehead atoms. The van der Waals surface area contributed by atoms with Crippen molar-refractivity contribution < 1.29 is 4.79 Å². The van der Waals surface area contributed by atoms with Crippen LogP contribution < -0.4 is 11.5 Å². The van der Waals surface area contributed by atoms with Crippen molar-refractivity contribution in [1.82, 2.24) is 0 Å². The first-order chi connectivity index (χ1) is 4.75. The molecule has 2 unspecified atom stereocenters. The summed E-state index contributed by atoms with van der Waals surface area (Å²) in [5.74, 6) is 0.246. The van der Waals surface area contributed by atoms with Crippen LogP contribution in [0.15, 0.2) is 0 Å². The molecule has 58 valence electrons. The third kappa shape index (κ3) is 1.29. The van der Waals surface area contributed by atoms with Crippen molar-refractivity contribution in [2.45, 2.75) is 19.3 Å². The maximum Gasteiger partial charge on any atom is 0.220 e. The fourth-order valence-corrected chi connectivity index (χ4v) is 1.69. The Morgan fingerprint density at radius 2 is 2.20 bits per heavy atom. The molecule has 0 aromatic carbocycles. The number of rotatable bonds is 2. The predicted molar refractivity (Wildman–Crippen MR) is 39.1 cm³/mol. The lowest BCUT2D eigenvalue weighted by Crippen LogP contribution is -2.30. The molecule has 1 saturated carbocycles. The lowest BCUT2D eigenvalue weighted by molar-refractivity contribution is -0.122. The van der Waals surface area contributed by atoms with Crippen molar-refractivity contribution in [3.8, 4) is 0 Å². The number of hydrogen-bond donors (Lipinski definition) is 2. The molecule has 1 aliphatic carbocycles. The second-order valence-electron chi connectivity index (χ2n) is 2.94. The van der Waals surface area contributed by atoms with Gasteiger partial charge in [-0.15, -0.1) is 0 Å². The highest BCUT2D eigenvalue weighted by molar-refractivity contribution is 5.77. The minimum Gasteiger partial charge on any atom is -0.369 e. The summed E-state index contributed by atoms with van der Waals surface area (Å²) in [6, 6.07) is 0. The number of primary amides is 1. The number of nitrogens with two attached hydrogens (primary N) is 2. The van der Waals surface area contributed by atoms with Gasteiger partial charge in [-0.3, -0.25) is 4.79 Å². The highest BCUT2D eigenvalue weighted by Gasteiger charge is 2.29. The second-order valence-corrected chi connectivity index (χ2v) is 2.94. The Labute approximate surface area is 60.8 Å². The lowest BCUT2D eigenvalue weighted by atomic mass is 9.96. The maximum atomic E-state index is 10.7. The highest BCUT2D eigenvalue weighted by Crippen LogP contribution is 2.30. The second kappa shape index (κ2) is 3.01. The average Bonchev–Trinajstić information content (AvgIpc) is 2.33. The van der Waals surface area contributed by atoms with E-state index in [2.05, 4.69) is 0 Å². The summed E-state index contributed by atoms with van der Waals surface area (Å²) in [6.45, 7) is 0.605. The Balaban J connectivity index is 2.50. The molecule has 0 radical (unpaired) electrons. The first-order valence-electron chi connectivity index (χ1n) is 3.75. The van der Waals surface area contributed by atoms with Gasteiger partial charge in [-0.2, -0.15) is 0 Å². The van der Waals surface area contributed by atoms with Crippen molar-refractivity contribution >= 4 is 5.91 Å². The summed E-state index contributed by atoms with van der Waals surface area (Å²) in [5, 5.41) is 0. The number of carbonyl (C=O) groups excluding carboxylic acids is 1. The monoisotopic (exact) mass is 142 g/mol. The Hall–Kier alpha value is -0.570. The molecule has 3 nitrogen and oxygen atoms in total. The van der Waals surface area contributed by atoms with Gasteiger partial charge in [0.25, 0.3) is 0 Å². The number of carbonyl (C=O) groups is 1. The highest BCUT2D eigenvalue weighted by atomic mass is 16.1. The molecule has 4 N–H and O–H groups in total. The van der Waals surface area contributed by atoms with E-state index >= 15 is 0 Å². The molecular formula is C7H14N2O. The Bertz CT molecular complexity index is 136. The van der Waals surface area contributed by atoms with Gasteiger partial charge in [0, 0.05) is 5.92 Å². The van der Waals surface area contributed by atoms with Crippen molar-refractivity contribution in [3.63, 3.8) is 0 Å². The van der Waals surface area contributed by atoms with Gasteiger partial charge in [0.2, 0.25) is 5.91 Å². The molecule has 0 saturated heterocycles. The van der Waals surface area contributed by atoms with Crippen LogP contribution in [-0.2, 0) is 4.79 Å². The molecule has 0 aromatic rings. The summed E-state index contributed by atoms with van der Waals surface area (Å²) in [4.78, 5) is 10.7. The first kappa shape index (κ1) is 7.54. The van der Waals surface area contributed by atoms with E-state index in [4.69, 9.17) is 11.5 Å². The van der Waals surface area contributed by atoms with E-state index in [0.717, 1.165) is 19.3 Å². The zero-order chi connectivity index (χ0) is 7.56. The van der Waals surface area contributed by atoms with Crippen LogP contribution in [0.5, 0.6) is 0 Å². The van der Waals surface area contributed by atoms with Crippen molar-refractivity contribution in [3.05, 3.63) is 0 Å². The fourth-order valence-electron chi connectivity index (χ4n) is 1.69. The Morgan fingerprint density at radius 3 is 2.60 bits per heavy atom. The van der Waals surface area contributed by atoms with Gasteiger partial charge in [-0.25, -0.2) is 0 Å². The molecule has 0 spiro atoms.